The molecule has 5 heteroatoms. The molecule has 1 aliphatic rings. The van der Waals surface area contributed by atoms with E-state index in [0.717, 1.165) is 25.0 Å². The van der Waals surface area contributed by atoms with Crippen LogP contribution in [0.2, 0.25) is 0 Å². The molecular formula is C13H16F3NO. The van der Waals surface area contributed by atoms with Crippen LogP contribution in [0.15, 0.2) is 24.3 Å². The molecule has 3 N–H and O–H groups in total. The lowest BCUT2D eigenvalue weighted by Crippen LogP contribution is -2.39. The lowest BCUT2D eigenvalue weighted by Gasteiger charge is -2.36. The van der Waals surface area contributed by atoms with Gasteiger partial charge in [0.25, 0.3) is 0 Å². The van der Waals surface area contributed by atoms with Crippen molar-refractivity contribution in [2.24, 2.45) is 5.73 Å². The minimum Gasteiger partial charge on any atom is -0.385 e. The zero-order valence-electron chi connectivity index (χ0n) is 9.87. The molecule has 0 unspecified atom stereocenters. The summed E-state index contributed by atoms with van der Waals surface area (Å²) in [6.07, 6.45) is -2.07. The SMILES string of the molecule is N[C@@H]1CCC[C@](O)(c2cccc(C(F)(F)F)c2)C1. The molecule has 18 heavy (non-hydrogen) atoms. The van der Waals surface area contributed by atoms with Crippen molar-refractivity contribution in [3.63, 3.8) is 0 Å². The molecule has 1 saturated carbocycles. The van der Waals surface area contributed by atoms with E-state index in [2.05, 4.69) is 0 Å². The third-order valence-electron chi connectivity index (χ3n) is 3.49. The molecule has 0 bridgehead atoms. The molecule has 100 valence electrons. The number of benzene rings is 1. The molecule has 2 rings (SSSR count). The van der Waals surface area contributed by atoms with Gasteiger partial charge in [-0.1, -0.05) is 12.1 Å². The Balaban J connectivity index is 2.33. The van der Waals surface area contributed by atoms with Crippen LogP contribution in [-0.2, 0) is 11.8 Å². The molecule has 0 saturated heterocycles. The predicted octanol–water partition coefficient (Wildman–Crippen LogP) is 2.79. The zero-order valence-corrected chi connectivity index (χ0v) is 9.87. The summed E-state index contributed by atoms with van der Waals surface area (Å²) in [4.78, 5) is 0. The van der Waals surface area contributed by atoms with Gasteiger partial charge in [-0.2, -0.15) is 13.2 Å². The van der Waals surface area contributed by atoms with E-state index < -0.39 is 17.3 Å². The van der Waals surface area contributed by atoms with Crippen LogP contribution in [0.4, 0.5) is 13.2 Å². The minimum atomic E-state index is -4.39. The van der Waals surface area contributed by atoms with Crippen molar-refractivity contribution >= 4 is 0 Å². The Kier molecular flexibility index (Phi) is 3.38. The summed E-state index contributed by atoms with van der Waals surface area (Å²) in [6, 6.07) is 4.75. The van der Waals surface area contributed by atoms with Gasteiger partial charge in [0.2, 0.25) is 0 Å². The summed E-state index contributed by atoms with van der Waals surface area (Å²) < 4.78 is 37.9. The number of halogens is 3. The molecule has 0 aromatic heterocycles. The first kappa shape index (κ1) is 13.4. The number of aliphatic hydroxyl groups is 1. The number of hydrogen-bond acceptors (Lipinski definition) is 2. The molecule has 1 fully saturated rings. The molecule has 1 aromatic carbocycles. The van der Waals surface area contributed by atoms with E-state index in [1.165, 1.54) is 12.1 Å². The Hall–Kier alpha value is -1.07. The fourth-order valence-electron chi connectivity index (χ4n) is 2.54. The Bertz CT molecular complexity index is 432. The summed E-state index contributed by atoms with van der Waals surface area (Å²) in [5.74, 6) is 0. The molecule has 0 radical (unpaired) electrons. The van der Waals surface area contributed by atoms with Crippen LogP contribution in [0.3, 0.4) is 0 Å². The average molecular weight is 259 g/mol. The Labute approximate surface area is 104 Å². The number of rotatable bonds is 1. The van der Waals surface area contributed by atoms with Gasteiger partial charge in [0.15, 0.2) is 0 Å². The standard InChI is InChI=1S/C13H16F3NO/c14-13(15,16)10-4-1-3-9(7-10)12(18)6-2-5-11(17)8-12/h1,3-4,7,11,18H,2,5-6,8,17H2/t11-,12-/m1/s1. The van der Waals surface area contributed by atoms with E-state index in [9.17, 15) is 18.3 Å². The van der Waals surface area contributed by atoms with Gasteiger partial charge in [0, 0.05) is 6.04 Å². The van der Waals surface area contributed by atoms with Gasteiger partial charge in [-0.25, -0.2) is 0 Å². The van der Waals surface area contributed by atoms with E-state index in [1.807, 2.05) is 0 Å². The molecule has 0 heterocycles. The predicted molar refractivity (Wildman–Crippen MR) is 61.8 cm³/mol. The average Bonchev–Trinajstić information content (AvgIpc) is 2.28. The Morgan fingerprint density at radius 2 is 2.06 bits per heavy atom. The number of alkyl halides is 3. The molecule has 0 amide bonds. The maximum atomic E-state index is 12.6. The smallest absolute Gasteiger partial charge is 0.385 e. The summed E-state index contributed by atoms with van der Waals surface area (Å²) in [5, 5.41) is 10.5. The van der Waals surface area contributed by atoms with Crippen LogP contribution < -0.4 is 5.73 Å². The highest BCUT2D eigenvalue weighted by Gasteiger charge is 2.37. The second-order valence-electron chi connectivity index (χ2n) is 4.97. The van der Waals surface area contributed by atoms with Gasteiger partial charge in [-0.3, -0.25) is 0 Å². The van der Waals surface area contributed by atoms with Crippen LogP contribution in [-0.4, -0.2) is 11.1 Å². The summed E-state index contributed by atoms with van der Waals surface area (Å²) in [7, 11) is 0. The second kappa shape index (κ2) is 4.55. The molecule has 2 nitrogen and oxygen atoms in total. The van der Waals surface area contributed by atoms with Crippen molar-refractivity contribution < 1.29 is 18.3 Å². The molecule has 1 aromatic rings. The molecule has 0 spiro atoms. The van der Waals surface area contributed by atoms with E-state index >= 15 is 0 Å². The zero-order chi connectivity index (χ0) is 13.4. The Morgan fingerprint density at radius 3 is 2.67 bits per heavy atom. The van der Waals surface area contributed by atoms with Gasteiger partial charge in [0.05, 0.1) is 11.2 Å². The van der Waals surface area contributed by atoms with Crippen molar-refractivity contribution in [3.05, 3.63) is 35.4 Å². The molecule has 0 aliphatic heterocycles. The first-order valence-corrected chi connectivity index (χ1v) is 5.97. The maximum Gasteiger partial charge on any atom is 0.416 e. The first-order valence-electron chi connectivity index (χ1n) is 5.97. The van der Waals surface area contributed by atoms with Crippen molar-refractivity contribution in [2.75, 3.05) is 0 Å². The van der Waals surface area contributed by atoms with Crippen LogP contribution in [0.25, 0.3) is 0 Å². The first-order chi connectivity index (χ1) is 8.31. The molecular weight excluding hydrogens is 243 g/mol. The van der Waals surface area contributed by atoms with Gasteiger partial charge >= 0.3 is 6.18 Å². The summed E-state index contributed by atoms with van der Waals surface area (Å²) in [5.41, 5.74) is 4.15. The Morgan fingerprint density at radius 1 is 1.33 bits per heavy atom. The minimum absolute atomic E-state index is 0.154. The van der Waals surface area contributed by atoms with E-state index in [1.54, 1.807) is 0 Å². The second-order valence-corrected chi connectivity index (χ2v) is 4.97. The van der Waals surface area contributed by atoms with Crippen LogP contribution in [0, 0.1) is 0 Å². The topological polar surface area (TPSA) is 46.2 Å². The fraction of sp³-hybridized carbons (Fsp3) is 0.538. The third kappa shape index (κ3) is 2.67. The summed E-state index contributed by atoms with van der Waals surface area (Å²) >= 11 is 0. The van der Waals surface area contributed by atoms with E-state index in [0.29, 0.717) is 18.4 Å². The normalized spacial score (nSPS) is 29.3. The quantitative estimate of drug-likeness (QED) is 0.814. The van der Waals surface area contributed by atoms with Gasteiger partial charge < -0.3 is 10.8 Å². The molecule has 1 aliphatic carbocycles. The van der Waals surface area contributed by atoms with Crippen LogP contribution >= 0.6 is 0 Å². The number of nitrogens with two attached hydrogens (primary N) is 1. The van der Waals surface area contributed by atoms with Crippen molar-refractivity contribution in [3.8, 4) is 0 Å². The van der Waals surface area contributed by atoms with Gasteiger partial charge in [-0.15, -0.1) is 0 Å². The van der Waals surface area contributed by atoms with Gasteiger partial charge in [0.1, 0.15) is 0 Å². The summed E-state index contributed by atoms with van der Waals surface area (Å²) in [6.45, 7) is 0. The van der Waals surface area contributed by atoms with E-state index in [4.69, 9.17) is 5.73 Å². The van der Waals surface area contributed by atoms with Crippen LogP contribution in [0.5, 0.6) is 0 Å². The number of hydrogen-bond donors (Lipinski definition) is 2. The lowest BCUT2D eigenvalue weighted by molar-refractivity contribution is -0.137. The fourth-order valence-corrected chi connectivity index (χ4v) is 2.54. The largest absolute Gasteiger partial charge is 0.416 e. The van der Waals surface area contributed by atoms with Crippen molar-refractivity contribution in [1.82, 2.24) is 0 Å². The lowest BCUT2D eigenvalue weighted by atomic mass is 9.77. The highest BCUT2D eigenvalue weighted by atomic mass is 19.4. The van der Waals surface area contributed by atoms with Crippen molar-refractivity contribution in [1.29, 1.82) is 0 Å². The highest BCUT2D eigenvalue weighted by molar-refractivity contribution is 5.30. The maximum absolute atomic E-state index is 12.6. The molecule has 2 atom stereocenters. The van der Waals surface area contributed by atoms with Crippen LogP contribution in [0.1, 0.15) is 36.8 Å². The third-order valence-corrected chi connectivity index (χ3v) is 3.49. The highest BCUT2D eigenvalue weighted by Crippen LogP contribution is 2.38. The van der Waals surface area contributed by atoms with Crippen molar-refractivity contribution in [2.45, 2.75) is 43.5 Å². The monoisotopic (exact) mass is 259 g/mol. The van der Waals surface area contributed by atoms with Gasteiger partial charge in [-0.05, 0) is 43.4 Å². The van der Waals surface area contributed by atoms with E-state index in [-0.39, 0.29) is 6.04 Å².